The van der Waals surface area contributed by atoms with E-state index < -0.39 is 0 Å². The highest BCUT2D eigenvalue weighted by Gasteiger charge is 2.26. The van der Waals surface area contributed by atoms with Crippen molar-refractivity contribution in [3.63, 3.8) is 0 Å². The molecule has 1 aliphatic heterocycles. The smallest absolute Gasteiger partial charge is 0.229 e. The summed E-state index contributed by atoms with van der Waals surface area (Å²) in [5.74, 6) is 0.733. The van der Waals surface area contributed by atoms with Gasteiger partial charge in [-0.3, -0.25) is 9.69 Å². The first-order chi connectivity index (χ1) is 12.4. The summed E-state index contributed by atoms with van der Waals surface area (Å²) in [6.07, 6.45) is 3.33. The lowest BCUT2D eigenvalue weighted by atomic mass is 9.96. The molecule has 26 heavy (non-hydrogen) atoms. The number of carbonyl (C=O) groups is 1. The Morgan fingerprint density at radius 1 is 1.35 bits per heavy atom. The number of hydrogen-bond acceptors (Lipinski definition) is 4. The Morgan fingerprint density at radius 3 is 2.85 bits per heavy atom. The Kier molecular flexibility index (Phi) is 5.79. The number of pyridine rings is 1. The van der Waals surface area contributed by atoms with Crippen LogP contribution in [0.25, 0.3) is 0 Å². The molecule has 1 fully saturated rings. The summed E-state index contributed by atoms with van der Waals surface area (Å²) in [6.45, 7) is 6.28. The molecule has 2 aromatic rings. The zero-order chi connectivity index (χ0) is 18.7. The summed E-state index contributed by atoms with van der Waals surface area (Å²) in [5.41, 5.74) is 3.16. The predicted octanol–water partition coefficient (Wildman–Crippen LogP) is 3.91. The summed E-state index contributed by atoms with van der Waals surface area (Å²) in [4.78, 5) is 18.9. The lowest BCUT2D eigenvalue weighted by Gasteiger charge is -2.32. The van der Waals surface area contributed by atoms with Crippen molar-refractivity contribution in [1.82, 2.24) is 9.88 Å². The number of phenolic OH excluding ortho intramolecular Hbond substituents is 1. The van der Waals surface area contributed by atoms with Gasteiger partial charge in [0, 0.05) is 24.8 Å². The van der Waals surface area contributed by atoms with Crippen LogP contribution < -0.4 is 5.32 Å². The van der Waals surface area contributed by atoms with E-state index in [9.17, 15) is 9.90 Å². The SMILES string of the molecule is Cc1cc(O)c(CN2CCCC(C(=O)Nc3ccc(Cl)cn3)C2)cc1C. The maximum Gasteiger partial charge on any atom is 0.229 e. The fraction of sp³-hybridized carbons (Fsp3) is 0.400. The van der Waals surface area contributed by atoms with Crippen LogP contribution >= 0.6 is 11.6 Å². The number of likely N-dealkylation sites (tertiary alicyclic amines) is 1. The van der Waals surface area contributed by atoms with Gasteiger partial charge in [0.2, 0.25) is 5.91 Å². The monoisotopic (exact) mass is 373 g/mol. The van der Waals surface area contributed by atoms with E-state index in [1.54, 1.807) is 12.1 Å². The molecule has 1 aromatic heterocycles. The Balaban J connectivity index is 1.62. The van der Waals surface area contributed by atoms with Crippen LogP contribution in [0.1, 0.15) is 29.5 Å². The van der Waals surface area contributed by atoms with E-state index in [0.29, 0.717) is 29.7 Å². The molecule has 0 saturated carbocycles. The first-order valence-electron chi connectivity index (χ1n) is 8.86. The lowest BCUT2D eigenvalue weighted by Crippen LogP contribution is -2.40. The van der Waals surface area contributed by atoms with Crippen LogP contribution in [0.15, 0.2) is 30.5 Å². The average molecular weight is 374 g/mol. The number of nitrogens with one attached hydrogen (secondary N) is 1. The lowest BCUT2D eigenvalue weighted by molar-refractivity contribution is -0.121. The van der Waals surface area contributed by atoms with Crippen LogP contribution in [-0.2, 0) is 11.3 Å². The molecule has 5 nitrogen and oxygen atoms in total. The standard InChI is InChI=1S/C20H24ClN3O2/c1-13-8-16(18(25)9-14(13)2)12-24-7-3-4-15(11-24)20(26)23-19-6-5-17(21)10-22-19/h5-6,8-10,15,25H,3-4,7,11-12H2,1-2H3,(H,22,23,26). The maximum atomic E-state index is 12.6. The van der Waals surface area contributed by atoms with Gasteiger partial charge in [-0.25, -0.2) is 4.98 Å². The third-order valence-electron chi connectivity index (χ3n) is 4.94. The van der Waals surface area contributed by atoms with Crippen LogP contribution in [0.5, 0.6) is 5.75 Å². The van der Waals surface area contributed by atoms with Crippen LogP contribution in [0, 0.1) is 19.8 Å². The zero-order valence-corrected chi connectivity index (χ0v) is 15.9. The van der Waals surface area contributed by atoms with E-state index in [-0.39, 0.29) is 11.8 Å². The van der Waals surface area contributed by atoms with Gasteiger partial charge in [-0.1, -0.05) is 17.7 Å². The van der Waals surface area contributed by atoms with Crippen LogP contribution in [0.3, 0.4) is 0 Å². The molecule has 1 atom stereocenters. The van der Waals surface area contributed by atoms with Crippen molar-refractivity contribution in [2.24, 2.45) is 5.92 Å². The number of benzene rings is 1. The number of aromatic nitrogens is 1. The predicted molar refractivity (Wildman–Crippen MR) is 103 cm³/mol. The first kappa shape index (κ1) is 18.7. The molecule has 0 bridgehead atoms. The van der Waals surface area contributed by atoms with Gasteiger partial charge >= 0.3 is 0 Å². The Hall–Kier alpha value is -2.11. The second kappa shape index (κ2) is 8.06. The van der Waals surface area contributed by atoms with E-state index in [2.05, 4.69) is 15.2 Å². The van der Waals surface area contributed by atoms with Crippen molar-refractivity contribution >= 4 is 23.3 Å². The molecule has 2 heterocycles. The maximum absolute atomic E-state index is 12.6. The van der Waals surface area contributed by atoms with Gasteiger partial charge in [-0.15, -0.1) is 0 Å². The number of aryl methyl sites for hydroxylation is 2. The number of nitrogens with zero attached hydrogens (tertiary/aromatic N) is 2. The van der Waals surface area contributed by atoms with E-state index in [1.165, 1.54) is 6.20 Å². The molecule has 3 rings (SSSR count). The normalized spacial score (nSPS) is 17.9. The molecular weight excluding hydrogens is 350 g/mol. The molecule has 1 aromatic carbocycles. The van der Waals surface area contributed by atoms with E-state index in [4.69, 9.17) is 11.6 Å². The third kappa shape index (κ3) is 4.54. The largest absolute Gasteiger partial charge is 0.508 e. The fourth-order valence-electron chi connectivity index (χ4n) is 3.32. The molecule has 6 heteroatoms. The number of anilines is 1. The van der Waals surface area contributed by atoms with Gasteiger partial charge in [-0.05, 0) is 62.6 Å². The molecule has 2 N–H and O–H groups in total. The van der Waals surface area contributed by atoms with E-state index in [0.717, 1.165) is 36.1 Å². The fourth-order valence-corrected chi connectivity index (χ4v) is 3.43. The number of carbonyl (C=O) groups excluding carboxylic acids is 1. The minimum Gasteiger partial charge on any atom is -0.508 e. The number of hydrogen-bond donors (Lipinski definition) is 2. The van der Waals surface area contributed by atoms with Crippen LogP contribution in [-0.4, -0.2) is 34.0 Å². The van der Waals surface area contributed by atoms with Crippen molar-refractivity contribution in [2.75, 3.05) is 18.4 Å². The van der Waals surface area contributed by atoms with Crippen LogP contribution in [0.2, 0.25) is 5.02 Å². The van der Waals surface area contributed by atoms with Crippen molar-refractivity contribution in [3.8, 4) is 5.75 Å². The molecule has 1 saturated heterocycles. The quantitative estimate of drug-likeness (QED) is 0.852. The summed E-state index contributed by atoms with van der Waals surface area (Å²) >= 11 is 5.82. The number of aromatic hydroxyl groups is 1. The van der Waals surface area contributed by atoms with Gasteiger partial charge in [0.05, 0.1) is 10.9 Å². The molecule has 0 radical (unpaired) electrons. The molecule has 138 valence electrons. The zero-order valence-electron chi connectivity index (χ0n) is 15.1. The Bertz CT molecular complexity index is 792. The molecule has 1 amide bonds. The summed E-state index contributed by atoms with van der Waals surface area (Å²) < 4.78 is 0. The van der Waals surface area contributed by atoms with E-state index in [1.807, 2.05) is 26.0 Å². The average Bonchev–Trinajstić information content (AvgIpc) is 2.62. The highest BCUT2D eigenvalue weighted by Crippen LogP contribution is 2.26. The van der Waals surface area contributed by atoms with Gasteiger partial charge in [0.25, 0.3) is 0 Å². The molecule has 0 aliphatic carbocycles. The van der Waals surface area contributed by atoms with Crippen LogP contribution in [0.4, 0.5) is 5.82 Å². The summed E-state index contributed by atoms with van der Waals surface area (Å²) in [6, 6.07) is 7.25. The van der Waals surface area contributed by atoms with Crippen molar-refractivity contribution in [3.05, 3.63) is 52.2 Å². The Labute approximate surface area is 159 Å². The second-order valence-electron chi connectivity index (χ2n) is 6.99. The van der Waals surface area contributed by atoms with Crippen molar-refractivity contribution in [2.45, 2.75) is 33.2 Å². The minimum absolute atomic E-state index is 0.0196. The first-order valence-corrected chi connectivity index (χ1v) is 9.24. The van der Waals surface area contributed by atoms with E-state index >= 15 is 0 Å². The number of piperidine rings is 1. The van der Waals surface area contributed by atoms with Gasteiger partial charge in [-0.2, -0.15) is 0 Å². The van der Waals surface area contributed by atoms with Gasteiger partial charge < -0.3 is 10.4 Å². The van der Waals surface area contributed by atoms with Gasteiger partial charge in [0.15, 0.2) is 0 Å². The summed E-state index contributed by atoms with van der Waals surface area (Å²) in [7, 11) is 0. The molecule has 0 spiro atoms. The number of amides is 1. The minimum atomic E-state index is -0.0880. The second-order valence-corrected chi connectivity index (χ2v) is 7.43. The number of halogens is 1. The summed E-state index contributed by atoms with van der Waals surface area (Å²) in [5, 5.41) is 13.6. The van der Waals surface area contributed by atoms with Crippen molar-refractivity contribution in [1.29, 1.82) is 0 Å². The Morgan fingerprint density at radius 2 is 2.12 bits per heavy atom. The number of rotatable bonds is 4. The highest BCUT2D eigenvalue weighted by molar-refractivity contribution is 6.30. The van der Waals surface area contributed by atoms with Crippen molar-refractivity contribution < 1.29 is 9.90 Å². The number of phenols is 1. The van der Waals surface area contributed by atoms with Gasteiger partial charge in [0.1, 0.15) is 11.6 Å². The molecule has 1 aliphatic rings. The molecule has 1 unspecified atom stereocenters. The molecular formula is C20H24ClN3O2. The topological polar surface area (TPSA) is 65.5 Å². The highest BCUT2D eigenvalue weighted by atomic mass is 35.5. The third-order valence-corrected chi connectivity index (χ3v) is 5.17.